The number of benzene rings is 3. The second-order valence-electron chi connectivity index (χ2n) is 8.40. The molecular weight excluding hydrogens is 477 g/mol. The van der Waals surface area contributed by atoms with Gasteiger partial charge in [0.2, 0.25) is 5.91 Å². The largest absolute Gasteiger partial charge is 0.345 e. The van der Waals surface area contributed by atoms with E-state index in [1.807, 2.05) is 57.2 Å². The average Bonchev–Trinajstić information content (AvgIpc) is 3.26. The number of aromatic nitrogens is 3. The molecule has 0 saturated heterocycles. The molecule has 0 unspecified atom stereocenters. The number of nitrogens with one attached hydrogen (secondary N) is 2. The Morgan fingerprint density at radius 1 is 0.944 bits per heavy atom. The fourth-order valence-corrected chi connectivity index (χ4v) is 4.32. The Morgan fingerprint density at radius 3 is 2.44 bits per heavy atom. The third kappa shape index (κ3) is 6.17. The molecule has 0 aliphatic rings. The maximum absolute atomic E-state index is 13.6. The lowest BCUT2D eigenvalue weighted by molar-refractivity contribution is -0.113. The Hall–Kier alpha value is -3.98. The van der Waals surface area contributed by atoms with Gasteiger partial charge in [-0.05, 0) is 86.0 Å². The van der Waals surface area contributed by atoms with Crippen molar-refractivity contribution in [3.8, 4) is 5.69 Å². The van der Waals surface area contributed by atoms with Crippen molar-refractivity contribution in [2.75, 3.05) is 11.1 Å². The fourth-order valence-electron chi connectivity index (χ4n) is 3.55. The summed E-state index contributed by atoms with van der Waals surface area (Å²) in [6, 6.07) is 18.9. The molecule has 0 aliphatic carbocycles. The molecule has 1 aromatic heterocycles. The van der Waals surface area contributed by atoms with E-state index >= 15 is 0 Å². The maximum Gasteiger partial charge on any atom is 0.251 e. The Balaban J connectivity index is 1.50. The first-order valence-electron chi connectivity index (χ1n) is 11.3. The second-order valence-corrected chi connectivity index (χ2v) is 9.34. The average molecular weight is 504 g/mol. The first kappa shape index (κ1) is 25.1. The highest BCUT2D eigenvalue weighted by molar-refractivity contribution is 7.99. The minimum atomic E-state index is -0.372. The van der Waals surface area contributed by atoms with Gasteiger partial charge in [0.1, 0.15) is 5.82 Å². The summed E-state index contributed by atoms with van der Waals surface area (Å²) in [6.45, 7) is 6.00. The lowest BCUT2D eigenvalue weighted by Gasteiger charge is -2.12. The lowest BCUT2D eigenvalue weighted by atomic mass is 10.1. The number of nitrogens with zero attached hydrogens (tertiary/aromatic N) is 3. The molecule has 36 heavy (non-hydrogen) atoms. The summed E-state index contributed by atoms with van der Waals surface area (Å²) in [5.74, 6) is -0.242. The van der Waals surface area contributed by atoms with Crippen molar-refractivity contribution in [1.29, 1.82) is 0 Å². The molecule has 0 bridgehead atoms. The molecule has 9 heteroatoms. The molecule has 0 spiro atoms. The van der Waals surface area contributed by atoms with Crippen LogP contribution in [0.25, 0.3) is 5.69 Å². The predicted molar refractivity (Wildman–Crippen MR) is 139 cm³/mol. The molecule has 7 nitrogen and oxygen atoms in total. The van der Waals surface area contributed by atoms with Crippen LogP contribution in [-0.4, -0.2) is 32.3 Å². The number of carbonyl (C=O) groups excluding carboxylic acids is 2. The first-order valence-corrected chi connectivity index (χ1v) is 12.3. The van der Waals surface area contributed by atoms with Gasteiger partial charge in [0.15, 0.2) is 11.0 Å². The van der Waals surface area contributed by atoms with Gasteiger partial charge in [-0.2, -0.15) is 0 Å². The quantitative estimate of drug-likeness (QED) is 0.331. The van der Waals surface area contributed by atoms with E-state index in [1.54, 1.807) is 22.8 Å². The van der Waals surface area contributed by atoms with Gasteiger partial charge < -0.3 is 10.6 Å². The highest BCUT2D eigenvalue weighted by atomic mass is 32.2. The molecule has 4 rings (SSSR count). The monoisotopic (exact) mass is 503 g/mol. The highest BCUT2D eigenvalue weighted by Crippen LogP contribution is 2.23. The second kappa shape index (κ2) is 11.2. The molecule has 0 fully saturated rings. The summed E-state index contributed by atoms with van der Waals surface area (Å²) < 4.78 is 15.3. The molecular formula is C27H26FN5O2S. The van der Waals surface area contributed by atoms with E-state index in [4.69, 9.17) is 0 Å². The Labute approximate surface area is 213 Å². The van der Waals surface area contributed by atoms with E-state index < -0.39 is 0 Å². The number of hydrogen-bond donors (Lipinski definition) is 2. The van der Waals surface area contributed by atoms with Crippen LogP contribution >= 0.6 is 11.8 Å². The zero-order valence-electron chi connectivity index (χ0n) is 20.2. The van der Waals surface area contributed by atoms with Crippen molar-refractivity contribution < 1.29 is 14.0 Å². The Bertz CT molecular complexity index is 1400. The minimum absolute atomic E-state index is 0.0995. The van der Waals surface area contributed by atoms with Gasteiger partial charge in [0.25, 0.3) is 5.91 Å². The zero-order chi connectivity index (χ0) is 25.7. The normalized spacial score (nSPS) is 10.8. The Morgan fingerprint density at radius 2 is 1.72 bits per heavy atom. The van der Waals surface area contributed by atoms with Crippen LogP contribution in [0.1, 0.15) is 32.9 Å². The van der Waals surface area contributed by atoms with Crippen molar-refractivity contribution >= 4 is 29.3 Å². The van der Waals surface area contributed by atoms with E-state index in [0.29, 0.717) is 22.2 Å². The molecule has 184 valence electrons. The summed E-state index contributed by atoms with van der Waals surface area (Å²) in [7, 11) is 0. The van der Waals surface area contributed by atoms with Crippen molar-refractivity contribution in [1.82, 2.24) is 20.1 Å². The molecule has 2 N–H and O–H groups in total. The van der Waals surface area contributed by atoms with Crippen LogP contribution in [0.5, 0.6) is 0 Å². The van der Waals surface area contributed by atoms with Crippen molar-refractivity contribution in [2.24, 2.45) is 0 Å². The van der Waals surface area contributed by atoms with Gasteiger partial charge in [0.05, 0.1) is 12.3 Å². The topological polar surface area (TPSA) is 88.9 Å². The van der Waals surface area contributed by atoms with Crippen molar-refractivity contribution in [3.05, 3.63) is 101 Å². The SMILES string of the molecule is Cc1cccc(NC(=O)CSc2nnc(CNC(=O)c3ccc(C)c(C)c3)n2-c2ccc(F)cc2)c1. The van der Waals surface area contributed by atoms with Crippen LogP contribution in [0, 0.1) is 26.6 Å². The summed E-state index contributed by atoms with van der Waals surface area (Å²) in [6.07, 6.45) is 0. The molecule has 4 aromatic rings. The van der Waals surface area contributed by atoms with Gasteiger partial charge in [-0.15, -0.1) is 10.2 Å². The van der Waals surface area contributed by atoms with Crippen LogP contribution in [0.2, 0.25) is 0 Å². The summed E-state index contributed by atoms with van der Waals surface area (Å²) in [5.41, 5.74) is 5.07. The zero-order valence-corrected chi connectivity index (χ0v) is 21.0. The van der Waals surface area contributed by atoms with Crippen LogP contribution < -0.4 is 10.6 Å². The summed E-state index contributed by atoms with van der Waals surface area (Å²) in [5, 5.41) is 14.7. The standard InChI is InChI=1S/C27H26FN5O2S/c1-17-5-4-6-22(13-17)30-25(34)16-36-27-32-31-24(33(27)23-11-9-21(28)10-12-23)15-29-26(35)20-8-7-18(2)19(3)14-20/h4-14H,15-16H2,1-3H3,(H,29,35)(H,30,34). The fraction of sp³-hybridized carbons (Fsp3) is 0.185. The molecule has 0 aliphatic heterocycles. The van der Waals surface area contributed by atoms with Gasteiger partial charge >= 0.3 is 0 Å². The number of amides is 2. The van der Waals surface area contributed by atoms with Crippen LogP contribution in [0.3, 0.4) is 0 Å². The number of anilines is 1. The number of thioether (sulfide) groups is 1. The van der Waals surface area contributed by atoms with Gasteiger partial charge in [-0.3, -0.25) is 14.2 Å². The summed E-state index contributed by atoms with van der Waals surface area (Å²) >= 11 is 1.20. The predicted octanol–water partition coefficient (Wildman–Crippen LogP) is 4.99. The van der Waals surface area contributed by atoms with Gasteiger partial charge in [-0.25, -0.2) is 4.39 Å². The van der Waals surface area contributed by atoms with E-state index in [1.165, 1.54) is 23.9 Å². The first-order chi connectivity index (χ1) is 17.3. The molecule has 1 heterocycles. The number of rotatable bonds is 8. The number of halogens is 1. The van der Waals surface area contributed by atoms with Crippen molar-refractivity contribution in [3.63, 3.8) is 0 Å². The minimum Gasteiger partial charge on any atom is -0.345 e. The van der Waals surface area contributed by atoms with Crippen LogP contribution in [0.15, 0.2) is 71.9 Å². The van der Waals surface area contributed by atoms with E-state index in [0.717, 1.165) is 22.4 Å². The Kier molecular flexibility index (Phi) is 7.80. The van der Waals surface area contributed by atoms with Gasteiger partial charge in [-0.1, -0.05) is 30.0 Å². The maximum atomic E-state index is 13.6. The molecule has 3 aromatic carbocycles. The third-order valence-electron chi connectivity index (χ3n) is 5.60. The van der Waals surface area contributed by atoms with E-state index in [9.17, 15) is 14.0 Å². The number of hydrogen-bond acceptors (Lipinski definition) is 5. The van der Waals surface area contributed by atoms with E-state index in [2.05, 4.69) is 20.8 Å². The lowest BCUT2D eigenvalue weighted by Crippen LogP contribution is -2.24. The van der Waals surface area contributed by atoms with Crippen LogP contribution in [0.4, 0.5) is 10.1 Å². The van der Waals surface area contributed by atoms with Crippen LogP contribution in [-0.2, 0) is 11.3 Å². The highest BCUT2D eigenvalue weighted by Gasteiger charge is 2.17. The number of aryl methyl sites for hydroxylation is 3. The van der Waals surface area contributed by atoms with Gasteiger partial charge in [0, 0.05) is 16.9 Å². The molecule has 0 radical (unpaired) electrons. The summed E-state index contributed by atoms with van der Waals surface area (Å²) in [4.78, 5) is 25.2. The van der Waals surface area contributed by atoms with E-state index in [-0.39, 0.29) is 29.9 Å². The molecule has 0 saturated carbocycles. The smallest absolute Gasteiger partial charge is 0.251 e. The van der Waals surface area contributed by atoms with Crippen molar-refractivity contribution in [2.45, 2.75) is 32.5 Å². The molecule has 0 atom stereocenters. The third-order valence-corrected chi connectivity index (χ3v) is 6.52. The number of carbonyl (C=O) groups is 2. The molecule has 2 amide bonds.